The summed E-state index contributed by atoms with van der Waals surface area (Å²) in [6.45, 7) is 10.6. The Morgan fingerprint density at radius 1 is 1.41 bits per heavy atom. The first-order chi connectivity index (χ1) is 7.75. The summed E-state index contributed by atoms with van der Waals surface area (Å²) in [5.74, 6) is 0.476. The van der Waals surface area contributed by atoms with Crippen LogP contribution in [0.4, 0.5) is 0 Å². The van der Waals surface area contributed by atoms with Crippen LogP contribution in [0.1, 0.15) is 41.0 Å². The fourth-order valence-corrected chi connectivity index (χ4v) is 1.94. The first-order valence-electron chi connectivity index (χ1n) is 6.46. The molecule has 0 saturated heterocycles. The van der Waals surface area contributed by atoms with E-state index in [9.17, 15) is 9.90 Å². The smallest absolute Gasteiger partial charge is 0.234 e. The second-order valence-electron chi connectivity index (χ2n) is 6.11. The zero-order valence-corrected chi connectivity index (χ0v) is 11.6. The molecule has 0 aliphatic heterocycles. The fraction of sp³-hybridized carbons (Fsp3) is 0.923. The average molecular weight is 242 g/mol. The van der Waals surface area contributed by atoms with E-state index in [1.807, 2.05) is 20.8 Å². The van der Waals surface area contributed by atoms with Crippen LogP contribution in [0.15, 0.2) is 0 Å². The zero-order valence-electron chi connectivity index (χ0n) is 11.6. The number of rotatable bonds is 5. The van der Waals surface area contributed by atoms with Gasteiger partial charge in [0.05, 0.1) is 12.6 Å². The van der Waals surface area contributed by atoms with Gasteiger partial charge in [-0.15, -0.1) is 0 Å². The lowest BCUT2D eigenvalue weighted by molar-refractivity contribution is -0.123. The van der Waals surface area contributed by atoms with Crippen molar-refractivity contribution in [2.45, 2.75) is 59.2 Å². The molecule has 0 radical (unpaired) electrons. The van der Waals surface area contributed by atoms with Crippen molar-refractivity contribution >= 4 is 5.91 Å². The van der Waals surface area contributed by atoms with E-state index in [1.54, 1.807) is 0 Å². The SMILES string of the molecule is CC(C)C(C)NC(=O)CNC1CC(O)C1(C)C. The van der Waals surface area contributed by atoms with Crippen molar-refractivity contribution in [2.75, 3.05) is 6.54 Å². The Kier molecular flexibility index (Phi) is 4.55. The summed E-state index contributed by atoms with van der Waals surface area (Å²) in [7, 11) is 0. The highest BCUT2D eigenvalue weighted by Crippen LogP contribution is 2.40. The van der Waals surface area contributed by atoms with Gasteiger partial charge in [0, 0.05) is 17.5 Å². The third-order valence-electron chi connectivity index (χ3n) is 4.11. The molecule has 1 fully saturated rings. The molecule has 0 bridgehead atoms. The Bertz CT molecular complexity index is 277. The van der Waals surface area contributed by atoms with E-state index in [0.29, 0.717) is 12.5 Å². The Balaban J connectivity index is 2.26. The number of hydrogen-bond donors (Lipinski definition) is 3. The molecule has 1 aliphatic rings. The second-order valence-corrected chi connectivity index (χ2v) is 6.11. The monoisotopic (exact) mass is 242 g/mol. The van der Waals surface area contributed by atoms with Crippen LogP contribution in [0.25, 0.3) is 0 Å². The molecule has 3 atom stereocenters. The van der Waals surface area contributed by atoms with Crippen molar-refractivity contribution in [3.05, 3.63) is 0 Å². The molecular weight excluding hydrogens is 216 g/mol. The lowest BCUT2D eigenvalue weighted by Crippen LogP contribution is -2.61. The highest BCUT2D eigenvalue weighted by atomic mass is 16.3. The van der Waals surface area contributed by atoms with Gasteiger partial charge >= 0.3 is 0 Å². The minimum Gasteiger partial charge on any atom is -0.392 e. The van der Waals surface area contributed by atoms with Gasteiger partial charge in [0.2, 0.25) is 5.91 Å². The number of carbonyl (C=O) groups excluding carboxylic acids is 1. The van der Waals surface area contributed by atoms with E-state index in [2.05, 4.69) is 24.5 Å². The highest BCUT2D eigenvalue weighted by Gasteiger charge is 2.46. The van der Waals surface area contributed by atoms with Crippen molar-refractivity contribution in [1.29, 1.82) is 0 Å². The predicted octanol–water partition coefficient (Wildman–Crippen LogP) is 0.896. The van der Waals surface area contributed by atoms with Crippen molar-refractivity contribution in [3.8, 4) is 0 Å². The molecule has 0 spiro atoms. The number of hydrogen-bond acceptors (Lipinski definition) is 3. The van der Waals surface area contributed by atoms with Gasteiger partial charge in [-0.05, 0) is 19.3 Å². The topological polar surface area (TPSA) is 61.4 Å². The first kappa shape index (κ1) is 14.5. The quantitative estimate of drug-likeness (QED) is 0.671. The molecule has 1 saturated carbocycles. The summed E-state index contributed by atoms with van der Waals surface area (Å²) in [6.07, 6.45) is 0.484. The number of carbonyl (C=O) groups is 1. The van der Waals surface area contributed by atoms with E-state index in [0.717, 1.165) is 6.42 Å². The lowest BCUT2D eigenvalue weighted by Gasteiger charge is -2.49. The molecule has 0 aromatic rings. The van der Waals surface area contributed by atoms with Crippen LogP contribution in [0, 0.1) is 11.3 Å². The molecule has 3 N–H and O–H groups in total. The maximum Gasteiger partial charge on any atom is 0.234 e. The summed E-state index contributed by atoms with van der Waals surface area (Å²) in [5, 5.41) is 15.8. The first-order valence-corrected chi connectivity index (χ1v) is 6.46. The molecule has 4 heteroatoms. The van der Waals surface area contributed by atoms with Crippen LogP contribution >= 0.6 is 0 Å². The van der Waals surface area contributed by atoms with E-state index in [4.69, 9.17) is 0 Å². The molecule has 1 rings (SSSR count). The van der Waals surface area contributed by atoms with Crippen LogP contribution in [0.2, 0.25) is 0 Å². The van der Waals surface area contributed by atoms with Gasteiger partial charge in [0.1, 0.15) is 0 Å². The van der Waals surface area contributed by atoms with Gasteiger partial charge in [-0.1, -0.05) is 27.7 Å². The van der Waals surface area contributed by atoms with Crippen molar-refractivity contribution in [2.24, 2.45) is 11.3 Å². The Morgan fingerprint density at radius 3 is 2.41 bits per heavy atom. The molecule has 0 heterocycles. The van der Waals surface area contributed by atoms with Crippen LogP contribution in [-0.2, 0) is 4.79 Å². The molecule has 1 amide bonds. The van der Waals surface area contributed by atoms with Crippen molar-refractivity contribution < 1.29 is 9.90 Å². The molecule has 0 aromatic carbocycles. The third-order valence-corrected chi connectivity index (χ3v) is 4.11. The summed E-state index contributed by atoms with van der Waals surface area (Å²) >= 11 is 0. The summed E-state index contributed by atoms with van der Waals surface area (Å²) in [4.78, 5) is 11.7. The fourth-order valence-electron chi connectivity index (χ4n) is 1.94. The molecular formula is C13H26N2O2. The minimum atomic E-state index is -0.252. The molecule has 100 valence electrons. The Hall–Kier alpha value is -0.610. The average Bonchev–Trinajstić information content (AvgIpc) is 2.23. The largest absolute Gasteiger partial charge is 0.392 e. The standard InChI is InChI=1S/C13H26N2O2/c1-8(2)9(3)15-12(17)7-14-10-6-11(16)13(10,4)5/h8-11,14,16H,6-7H2,1-5H3,(H,15,17). The second kappa shape index (κ2) is 5.36. The number of amides is 1. The molecule has 17 heavy (non-hydrogen) atoms. The summed E-state index contributed by atoms with van der Waals surface area (Å²) < 4.78 is 0. The van der Waals surface area contributed by atoms with Crippen LogP contribution in [-0.4, -0.2) is 35.7 Å². The highest BCUT2D eigenvalue weighted by molar-refractivity contribution is 5.78. The molecule has 0 aromatic heterocycles. The van der Waals surface area contributed by atoms with E-state index >= 15 is 0 Å². The maximum atomic E-state index is 11.7. The Morgan fingerprint density at radius 2 is 2.00 bits per heavy atom. The Labute approximate surface area is 104 Å². The summed E-state index contributed by atoms with van der Waals surface area (Å²) in [5.41, 5.74) is -0.121. The zero-order chi connectivity index (χ0) is 13.2. The third kappa shape index (κ3) is 3.42. The van der Waals surface area contributed by atoms with E-state index in [-0.39, 0.29) is 29.5 Å². The molecule has 1 aliphatic carbocycles. The van der Waals surface area contributed by atoms with Crippen LogP contribution in [0.3, 0.4) is 0 Å². The minimum absolute atomic E-state index is 0.0309. The summed E-state index contributed by atoms with van der Waals surface area (Å²) in [6, 6.07) is 0.432. The number of aliphatic hydroxyl groups is 1. The van der Waals surface area contributed by atoms with E-state index < -0.39 is 0 Å². The van der Waals surface area contributed by atoms with Crippen LogP contribution in [0.5, 0.6) is 0 Å². The predicted molar refractivity (Wildman–Crippen MR) is 68.6 cm³/mol. The molecule has 3 unspecified atom stereocenters. The van der Waals surface area contributed by atoms with Crippen LogP contribution < -0.4 is 10.6 Å². The number of aliphatic hydroxyl groups excluding tert-OH is 1. The van der Waals surface area contributed by atoms with Gasteiger partial charge < -0.3 is 15.7 Å². The maximum absolute atomic E-state index is 11.7. The van der Waals surface area contributed by atoms with Gasteiger partial charge in [-0.25, -0.2) is 0 Å². The van der Waals surface area contributed by atoms with Crippen molar-refractivity contribution in [1.82, 2.24) is 10.6 Å². The van der Waals surface area contributed by atoms with E-state index in [1.165, 1.54) is 0 Å². The van der Waals surface area contributed by atoms with Gasteiger partial charge in [0.15, 0.2) is 0 Å². The lowest BCUT2D eigenvalue weighted by atomic mass is 9.64. The number of nitrogens with one attached hydrogen (secondary N) is 2. The molecule has 4 nitrogen and oxygen atoms in total. The van der Waals surface area contributed by atoms with Gasteiger partial charge in [-0.2, -0.15) is 0 Å². The van der Waals surface area contributed by atoms with Gasteiger partial charge in [-0.3, -0.25) is 4.79 Å². The van der Waals surface area contributed by atoms with Crippen molar-refractivity contribution in [3.63, 3.8) is 0 Å². The van der Waals surface area contributed by atoms with Gasteiger partial charge in [0.25, 0.3) is 0 Å². The normalized spacial score (nSPS) is 28.6.